The average Bonchev–Trinajstić information content (AvgIpc) is 2.41. The summed E-state index contributed by atoms with van der Waals surface area (Å²) in [4.78, 5) is 7.52. The van der Waals surface area contributed by atoms with Gasteiger partial charge in [0.1, 0.15) is 17.3 Å². The van der Waals surface area contributed by atoms with E-state index < -0.39 is 0 Å². The molecule has 0 aliphatic rings. The average molecular weight is 135 g/mol. The van der Waals surface area contributed by atoms with Crippen LogP contribution in [0.5, 0.6) is 5.88 Å². The van der Waals surface area contributed by atoms with E-state index in [-0.39, 0.29) is 5.88 Å². The number of hydrogen-bond donors (Lipinski definition) is 1. The molecule has 0 unspecified atom stereocenters. The van der Waals surface area contributed by atoms with Crippen molar-refractivity contribution in [1.29, 1.82) is 0 Å². The van der Waals surface area contributed by atoms with Crippen molar-refractivity contribution in [3.05, 3.63) is 18.0 Å². The molecule has 2 heterocycles. The Bertz CT molecular complexity index is 406. The van der Waals surface area contributed by atoms with Crippen LogP contribution in [0, 0.1) is 0 Å². The molecule has 0 fully saturated rings. The first-order chi connectivity index (χ1) is 4.79. The maximum Gasteiger partial charge on any atom is 0.238 e. The Morgan fingerprint density at radius 1 is 1.50 bits per heavy atom. The molecule has 0 aromatic carbocycles. The van der Waals surface area contributed by atoms with Gasteiger partial charge in [-0.15, -0.1) is 0 Å². The Hall–Kier alpha value is -1.58. The number of nitrogens with zero attached hydrogens (tertiary/aromatic N) is 3. The minimum atomic E-state index is 0.00222. The number of aromatic nitrogens is 3. The highest BCUT2D eigenvalue weighted by Crippen LogP contribution is 2.10. The summed E-state index contributed by atoms with van der Waals surface area (Å²) < 4.78 is 1.62. The van der Waals surface area contributed by atoms with Gasteiger partial charge in [0.05, 0.1) is 6.20 Å². The Morgan fingerprint density at radius 2 is 2.30 bits per heavy atom. The summed E-state index contributed by atoms with van der Waals surface area (Å²) in [6.45, 7) is 3.62. The van der Waals surface area contributed by atoms with Crippen LogP contribution in [0.4, 0.5) is 0 Å². The molecule has 1 N–H and O–H groups in total. The molecule has 0 bridgehead atoms. The van der Waals surface area contributed by atoms with Gasteiger partial charge in [-0.1, -0.05) is 6.58 Å². The van der Waals surface area contributed by atoms with Gasteiger partial charge < -0.3 is 5.11 Å². The molecule has 2 aromatic rings. The maximum atomic E-state index is 9.02. The van der Waals surface area contributed by atoms with Gasteiger partial charge in [0.25, 0.3) is 0 Å². The molecule has 0 spiro atoms. The SMILES string of the molecule is C=c1ncc2c(O)ncn12. The second kappa shape index (κ2) is 1.47. The smallest absolute Gasteiger partial charge is 0.238 e. The first kappa shape index (κ1) is 5.22. The molecule has 0 aliphatic carbocycles. The Kier molecular flexibility index (Phi) is 0.768. The highest BCUT2D eigenvalue weighted by atomic mass is 16.3. The Balaban J connectivity index is 3.09. The number of aromatic hydroxyl groups is 1. The lowest BCUT2D eigenvalue weighted by Gasteiger charge is -1.76. The molecule has 0 atom stereocenters. The van der Waals surface area contributed by atoms with Crippen LogP contribution in [0.3, 0.4) is 0 Å². The minimum Gasteiger partial charge on any atom is -0.492 e. The van der Waals surface area contributed by atoms with Crippen LogP contribution in [0.2, 0.25) is 0 Å². The maximum absolute atomic E-state index is 9.02. The van der Waals surface area contributed by atoms with Crippen LogP contribution in [0.25, 0.3) is 12.1 Å². The quantitative estimate of drug-likeness (QED) is 0.533. The lowest BCUT2D eigenvalue weighted by Crippen LogP contribution is -2.05. The fourth-order valence-electron chi connectivity index (χ4n) is 0.872. The van der Waals surface area contributed by atoms with Crippen molar-refractivity contribution in [2.24, 2.45) is 0 Å². The van der Waals surface area contributed by atoms with Crippen LogP contribution < -0.4 is 5.48 Å². The molecule has 0 radical (unpaired) electrons. The van der Waals surface area contributed by atoms with Crippen molar-refractivity contribution in [2.75, 3.05) is 0 Å². The number of hydrogen-bond acceptors (Lipinski definition) is 3. The zero-order chi connectivity index (χ0) is 7.14. The van der Waals surface area contributed by atoms with E-state index in [0.717, 1.165) is 0 Å². The fourth-order valence-corrected chi connectivity index (χ4v) is 0.872. The molecule has 0 amide bonds. The minimum absolute atomic E-state index is 0.00222. The van der Waals surface area contributed by atoms with Gasteiger partial charge in [-0.2, -0.15) is 0 Å². The third-order valence-electron chi connectivity index (χ3n) is 1.40. The number of fused-ring (bicyclic) bond motifs is 1. The van der Waals surface area contributed by atoms with Crippen molar-refractivity contribution in [3.8, 4) is 5.88 Å². The summed E-state index contributed by atoms with van der Waals surface area (Å²) in [5.41, 5.74) is 1.19. The number of rotatable bonds is 0. The largest absolute Gasteiger partial charge is 0.492 e. The van der Waals surface area contributed by atoms with Crippen LogP contribution in [0.1, 0.15) is 0 Å². The van der Waals surface area contributed by atoms with Gasteiger partial charge in [-0.05, 0) is 0 Å². The van der Waals surface area contributed by atoms with Gasteiger partial charge in [-0.3, -0.25) is 4.40 Å². The van der Waals surface area contributed by atoms with Crippen molar-refractivity contribution in [3.63, 3.8) is 0 Å². The van der Waals surface area contributed by atoms with E-state index in [2.05, 4.69) is 16.5 Å². The van der Waals surface area contributed by atoms with E-state index in [0.29, 0.717) is 11.0 Å². The van der Waals surface area contributed by atoms with Crippen LogP contribution >= 0.6 is 0 Å². The topological polar surface area (TPSA) is 50.4 Å². The van der Waals surface area contributed by atoms with Gasteiger partial charge >= 0.3 is 0 Å². The Morgan fingerprint density at radius 3 is 3.00 bits per heavy atom. The predicted octanol–water partition coefficient (Wildman–Crippen LogP) is -0.436. The lowest BCUT2D eigenvalue weighted by molar-refractivity contribution is 0.462. The molecule has 2 rings (SSSR count). The summed E-state index contributed by atoms with van der Waals surface area (Å²) in [5.74, 6) is 0.00222. The third kappa shape index (κ3) is 0.452. The van der Waals surface area contributed by atoms with Gasteiger partial charge in [0, 0.05) is 0 Å². The highest BCUT2D eigenvalue weighted by Gasteiger charge is 2.01. The van der Waals surface area contributed by atoms with Crippen molar-refractivity contribution in [2.45, 2.75) is 0 Å². The van der Waals surface area contributed by atoms with Gasteiger partial charge in [0.15, 0.2) is 0 Å². The summed E-state index contributed by atoms with van der Waals surface area (Å²) in [6, 6.07) is 0. The second-order valence-corrected chi connectivity index (χ2v) is 2.00. The fraction of sp³-hybridized carbons (Fsp3) is 0. The van der Waals surface area contributed by atoms with E-state index in [1.165, 1.54) is 12.5 Å². The van der Waals surface area contributed by atoms with Crippen molar-refractivity contribution in [1.82, 2.24) is 14.4 Å². The molecule has 10 heavy (non-hydrogen) atoms. The lowest BCUT2D eigenvalue weighted by atomic mass is 10.6. The molecule has 2 aromatic heterocycles. The zero-order valence-electron chi connectivity index (χ0n) is 5.15. The van der Waals surface area contributed by atoms with E-state index in [4.69, 9.17) is 5.11 Å². The molecule has 4 nitrogen and oxygen atoms in total. The summed E-state index contributed by atoms with van der Waals surface area (Å²) in [6.07, 6.45) is 3.02. The zero-order valence-corrected chi connectivity index (χ0v) is 5.15. The molecule has 0 saturated heterocycles. The predicted molar refractivity (Wildman–Crippen MR) is 35.4 cm³/mol. The monoisotopic (exact) mass is 135 g/mol. The van der Waals surface area contributed by atoms with Crippen molar-refractivity contribution < 1.29 is 5.11 Å². The molecular weight excluding hydrogens is 130 g/mol. The second-order valence-electron chi connectivity index (χ2n) is 2.00. The molecular formula is C6H5N3O. The Labute approximate surface area is 56.4 Å². The third-order valence-corrected chi connectivity index (χ3v) is 1.40. The first-order valence-corrected chi connectivity index (χ1v) is 2.78. The van der Waals surface area contributed by atoms with E-state index >= 15 is 0 Å². The van der Waals surface area contributed by atoms with E-state index in [9.17, 15) is 0 Å². The van der Waals surface area contributed by atoms with Crippen LogP contribution in [0.15, 0.2) is 12.5 Å². The summed E-state index contributed by atoms with van der Waals surface area (Å²) in [7, 11) is 0. The standard InChI is InChI=1S/C6H5N3O/c1-4-7-2-5-6(10)8-3-9(4)5/h2-3,10H,1H2. The normalized spacial score (nSPS) is 10.8. The van der Waals surface area contributed by atoms with Gasteiger partial charge in [0.2, 0.25) is 5.88 Å². The van der Waals surface area contributed by atoms with Crippen LogP contribution in [-0.2, 0) is 0 Å². The van der Waals surface area contributed by atoms with E-state index in [1.807, 2.05) is 0 Å². The molecule has 4 heteroatoms. The van der Waals surface area contributed by atoms with Crippen molar-refractivity contribution >= 4 is 12.1 Å². The summed E-state index contributed by atoms with van der Waals surface area (Å²) >= 11 is 0. The molecule has 0 aliphatic heterocycles. The highest BCUT2D eigenvalue weighted by molar-refractivity contribution is 5.54. The van der Waals surface area contributed by atoms with Crippen LogP contribution in [-0.4, -0.2) is 19.5 Å². The number of imidazole rings is 2. The van der Waals surface area contributed by atoms with E-state index in [1.54, 1.807) is 4.40 Å². The molecule has 0 saturated carbocycles. The molecule has 50 valence electrons. The first-order valence-electron chi connectivity index (χ1n) is 2.78. The summed E-state index contributed by atoms with van der Waals surface area (Å²) in [5, 5.41) is 9.02. The van der Waals surface area contributed by atoms with Gasteiger partial charge in [-0.25, -0.2) is 9.97 Å².